The molecular formula is C18H22. The molecule has 0 radical (unpaired) electrons. The number of hydrogen-bond donors (Lipinski definition) is 0. The monoisotopic (exact) mass is 238 g/mol. The van der Waals surface area contributed by atoms with E-state index < -0.39 is 0 Å². The van der Waals surface area contributed by atoms with Crippen molar-refractivity contribution in [1.82, 2.24) is 0 Å². The third-order valence-electron chi connectivity index (χ3n) is 3.42. The van der Waals surface area contributed by atoms with Crippen molar-refractivity contribution < 1.29 is 0 Å². The van der Waals surface area contributed by atoms with E-state index in [2.05, 4.69) is 61.6 Å². The lowest BCUT2D eigenvalue weighted by Gasteiger charge is -2.14. The van der Waals surface area contributed by atoms with Gasteiger partial charge in [-0.15, -0.1) is 0 Å². The first-order chi connectivity index (χ1) is 8.92. The van der Waals surface area contributed by atoms with Crippen LogP contribution < -0.4 is 0 Å². The summed E-state index contributed by atoms with van der Waals surface area (Å²) in [6.07, 6.45) is 15.0. The number of unbranched alkanes of at least 4 members (excludes halogenated alkanes) is 2. The molecule has 0 unspecified atom stereocenters. The molecular weight excluding hydrogens is 216 g/mol. The molecule has 0 fully saturated rings. The molecule has 0 aliphatic heterocycles. The highest BCUT2D eigenvalue weighted by atomic mass is 14.1. The molecule has 1 aromatic carbocycles. The van der Waals surface area contributed by atoms with Crippen molar-refractivity contribution in [2.75, 3.05) is 0 Å². The van der Waals surface area contributed by atoms with Gasteiger partial charge in [-0.2, -0.15) is 0 Å². The largest absolute Gasteiger partial charge is 0.0801 e. The summed E-state index contributed by atoms with van der Waals surface area (Å²) in [4.78, 5) is 0. The van der Waals surface area contributed by atoms with Crippen molar-refractivity contribution in [3.05, 3.63) is 65.8 Å². The molecule has 0 nitrogen and oxygen atoms in total. The van der Waals surface area contributed by atoms with E-state index in [-0.39, 0.29) is 0 Å². The minimum atomic E-state index is 1.08. The topological polar surface area (TPSA) is 0 Å². The Hall–Kier alpha value is -1.56. The summed E-state index contributed by atoms with van der Waals surface area (Å²) in [5.41, 5.74) is 4.41. The first-order valence-corrected chi connectivity index (χ1v) is 7.02. The van der Waals surface area contributed by atoms with E-state index in [1.54, 1.807) is 0 Å². The summed E-state index contributed by atoms with van der Waals surface area (Å²) >= 11 is 0. The highest BCUT2D eigenvalue weighted by molar-refractivity contribution is 5.71. The zero-order valence-corrected chi connectivity index (χ0v) is 11.2. The van der Waals surface area contributed by atoms with E-state index in [0.29, 0.717) is 0 Å². The van der Waals surface area contributed by atoms with Gasteiger partial charge in [0.15, 0.2) is 0 Å². The lowest BCUT2D eigenvalue weighted by atomic mass is 9.91. The minimum Gasteiger partial charge on any atom is -0.0801 e. The summed E-state index contributed by atoms with van der Waals surface area (Å²) < 4.78 is 0. The molecule has 0 bridgehead atoms. The van der Waals surface area contributed by atoms with Gasteiger partial charge < -0.3 is 0 Å². The number of allylic oxidation sites excluding steroid dienone is 6. The third-order valence-corrected chi connectivity index (χ3v) is 3.42. The quantitative estimate of drug-likeness (QED) is 0.591. The van der Waals surface area contributed by atoms with Crippen LogP contribution in [0.3, 0.4) is 0 Å². The van der Waals surface area contributed by atoms with Crippen LogP contribution >= 0.6 is 0 Å². The van der Waals surface area contributed by atoms with Gasteiger partial charge in [0, 0.05) is 0 Å². The summed E-state index contributed by atoms with van der Waals surface area (Å²) in [5.74, 6) is 0. The van der Waals surface area contributed by atoms with Crippen LogP contribution in [-0.4, -0.2) is 0 Å². The molecule has 0 saturated heterocycles. The Morgan fingerprint density at radius 2 is 1.89 bits per heavy atom. The Morgan fingerprint density at radius 3 is 2.56 bits per heavy atom. The van der Waals surface area contributed by atoms with Crippen LogP contribution in [0.4, 0.5) is 0 Å². The van der Waals surface area contributed by atoms with Crippen molar-refractivity contribution in [1.29, 1.82) is 0 Å². The van der Waals surface area contributed by atoms with E-state index in [9.17, 15) is 0 Å². The highest BCUT2D eigenvalue weighted by Crippen LogP contribution is 2.28. The van der Waals surface area contributed by atoms with Gasteiger partial charge >= 0.3 is 0 Å². The number of benzene rings is 1. The predicted octanol–water partition coefficient (Wildman–Crippen LogP) is 5.54. The van der Waals surface area contributed by atoms with Crippen molar-refractivity contribution in [2.45, 2.75) is 39.0 Å². The van der Waals surface area contributed by atoms with E-state index >= 15 is 0 Å². The van der Waals surface area contributed by atoms with Gasteiger partial charge in [0.25, 0.3) is 0 Å². The van der Waals surface area contributed by atoms with Crippen LogP contribution in [0.2, 0.25) is 0 Å². The lowest BCUT2D eigenvalue weighted by Crippen LogP contribution is -1.93. The second-order valence-electron chi connectivity index (χ2n) is 4.82. The van der Waals surface area contributed by atoms with Crippen LogP contribution in [0, 0.1) is 0 Å². The SMILES string of the molecule is CCCCC/C(=C1\C=CC=CC1)c1ccccc1. The Balaban J connectivity index is 2.23. The average molecular weight is 238 g/mol. The molecule has 2 rings (SSSR count). The van der Waals surface area contributed by atoms with Crippen LogP contribution in [0.1, 0.15) is 44.6 Å². The fourth-order valence-corrected chi connectivity index (χ4v) is 2.42. The Labute approximate surface area is 111 Å². The van der Waals surface area contributed by atoms with Gasteiger partial charge in [0.2, 0.25) is 0 Å². The van der Waals surface area contributed by atoms with Gasteiger partial charge in [0.05, 0.1) is 0 Å². The molecule has 0 heteroatoms. The first-order valence-electron chi connectivity index (χ1n) is 7.02. The normalized spacial score (nSPS) is 16.9. The maximum Gasteiger partial charge on any atom is -0.00914 e. The van der Waals surface area contributed by atoms with Gasteiger partial charge in [-0.3, -0.25) is 0 Å². The molecule has 0 atom stereocenters. The molecule has 0 spiro atoms. The van der Waals surface area contributed by atoms with Crippen LogP contribution in [0.5, 0.6) is 0 Å². The molecule has 0 amide bonds. The minimum absolute atomic E-state index is 1.08. The number of hydrogen-bond acceptors (Lipinski definition) is 0. The predicted molar refractivity (Wildman–Crippen MR) is 80.4 cm³/mol. The van der Waals surface area contributed by atoms with Crippen molar-refractivity contribution in [3.63, 3.8) is 0 Å². The molecule has 1 aromatic rings. The summed E-state index contributed by atoms with van der Waals surface area (Å²) in [6, 6.07) is 10.8. The van der Waals surface area contributed by atoms with Crippen molar-refractivity contribution >= 4 is 5.57 Å². The molecule has 0 saturated carbocycles. The van der Waals surface area contributed by atoms with Crippen molar-refractivity contribution in [3.8, 4) is 0 Å². The van der Waals surface area contributed by atoms with Gasteiger partial charge in [-0.1, -0.05) is 74.4 Å². The smallest absolute Gasteiger partial charge is 0.00914 e. The Morgan fingerprint density at radius 1 is 1.06 bits per heavy atom. The molecule has 0 N–H and O–H groups in total. The van der Waals surface area contributed by atoms with Crippen LogP contribution in [0.15, 0.2) is 60.2 Å². The zero-order valence-electron chi connectivity index (χ0n) is 11.2. The lowest BCUT2D eigenvalue weighted by molar-refractivity contribution is 0.734. The summed E-state index contributed by atoms with van der Waals surface area (Å²) in [7, 11) is 0. The summed E-state index contributed by atoms with van der Waals surface area (Å²) in [5, 5.41) is 0. The van der Waals surface area contributed by atoms with E-state index in [0.717, 1.165) is 6.42 Å². The van der Waals surface area contributed by atoms with E-state index in [1.165, 1.54) is 42.4 Å². The second kappa shape index (κ2) is 7.00. The molecule has 1 aliphatic carbocycles. The molecule has 94 valence electrons. The standard InChI is InChI=1S/C18H22/c1-2-3-6-15-18(16-11-7-4-8-12-16)17-13-9-5-10-14-17/h4-5,7-13H,2-3,6,14-15H2,1H3/b18-17-. The third kappa shape index (κ3) is 3.46. The molecule has 18 heavy (non-hydrogen) atoms. The van der Waals surface area contributed by atoms with Gasteiger partial charge in [-0.25, -0.2) is 0 Å². The van der Waals surface area contributed by atoms with Gasteiger partial charge in [-0.05, 0) is 36.0 Å². The maximum atomic E-state index is 2.27. The fraction of sp³-hybridized carbons (Fsp3) is 0.333. The van der Waals surface area contributed by atoms with Crippen LogP contribution in [-0.2, 0) is 0 Å². The molecule has 1 aliphatic rings. The second-order valence-corrected chi connectivity index (χ2v) is 4.82. The molecule has 0 heterocycles. The summed E-state index contributed by atoms with van der Waals surface area (Å²) in [6.45, 7) is 2.26. The van der Waals surface area contributed by atoms with Crippen molar-refractivity contribution in [2.24, 2.45) is 0 Å². The fourth-order valence-electron chi connectivity index (χ4n) is 2.42. The Bertz CT molecular complexity index is 446. The van der Waals surface area contributed by atoms with E-state index in [1.807, 2.05) is 0 Å². The first kappa shape index (κ1) is 12.9. The zero-order chi connectivity index (χ0) is 12.6. The maximum absolute atomic E-state index is 2.27. The molecule has 0 aromatic heterocycles. The van der Waals surface area contributed by atoms with E-state index in [4.69, 9.17) is 0 Å². The van der Waals surface area contributed by atoms with Crippen LogP contribution in [0.25, 0.3) is 5.57 Å². The average Bonchev–Trinajstić information content (AvgIpc) is 2.46. The van der Waals surface area contributed by atoms with Gasteiger partial charge in [0.1, 0.15) is 0 Å². The Kier molecular flexibility index (Phi) is 5.01. The highest BCUT2D eigenvalue weighted by Gasteiger charge is 2.07. The number of rotatable bonds is 5.